The van der Waals surface area contributed by atoms with Crippen molar-refractivity contribution >= 4 is 23.0 Å². The summed E-state index contributed by atoms with van der Waals surface area (Å²) in [6.07, 6.45) is 0. The lowest BCUT2D eigenvalue weighted by molar-refractivity contribution is 0.477. The van der Waals surface area contributed by atoms with E-state index in [2.05, 4.69) is 0 Å². The number of phenols is 1. The summed E-state index contributed by atoms with van der Waals surface area (Å²) in [4.78, 5) is 0. The average Bonchev–Trinajstić information content (AvgIpc) is 2.30. The number of aromatic hydroxyl groups is 1. The van der Waals surface area contributed by atoms with E-state index in [1.165, 1.54) is 0 Å². The lowest BCUT2D eigenvalue weighted by Crippen LogP contribution is -1.82. The van der Waals surface area contributed by atoms with Crippen molar-refractivity contribution in [2.24, 2.45) is 0 Å². The summed E-state index contributed by atoms with van der Waals surface area (Å²) in [5, 5.41) is 9.73. The second-order valence-electron chi connectivity index (χ2n) is 3.09. The maximum Gasteiger partial charge on any atom is 0.192 e. The van der Waals surface area contributed by atoms with E-state index in [1.54, 1.807) is 12.1 Å². The molecule has 0 aliphatic rings. The molecule has 0 fully saturated rings. The summed E-state index contributed by atoms with van der Waals surface area (Å²) in [5.41, 5.74) is 1.68. The smallest absolute Gasteiger partial charge is 0.192 e. The molecule has 0 radical (unpaired) electrons. The van der Waals surface area contributed by atoms with Crippen LogP contribution in [0, 0.1) is 0 Å². The number of benzene rings is 2. The average molecular weight is 312 g/mol. The van der Waals surface area contributed by atoms with Gasteiger partial charge in [0.1, 0.15) is 11.5 Å². The quantitative estimate of drug-likeness (QED) is 0.855. The molecule has 0 spiro atoms. The standard InChI is InChI=1S/C12H9IO2/c13-15-12-8-4-2-6-10(12)9-5-1-3-7-11(9)14/h1-8,14H. The van der Waals surface area contributed by atoms with E-state index in [-0.39, 0.29) is 5.75 Å². The first-order valence-corrected chi connectivity index (χ1v) is 5.37. The number of rotatable bonds is 2. The van der Waals surface area contributed by atoms with Crippen molar-refractivity contribution in [3.05, 3.63) is 48.5 Å². The number of halogens is 1. The molecule has 0 aromatic heterocycles. The molecular formula is C12H9IO2. The van der Waals surface area contributed by atoms with Crippen LogP contribution in [0.5, 0.6) is 11.5 Å². The van der Waals surface area contributed by atoms with Crippen LogP contribution in [0.1, 0.15) is 0 Å². The zero-order valence-corrected chi connectivity index (χ0v) is 10.0. The molecule has 2 rings (SSSR count). The van der Waals surface area contributed by atoms with Gasteiger partial charge in [0.25, 0.3) is 0 Å². The molecule has 0 amide bonds. The van der Waals surface area contributed by atoms with E-state index >= 15 is 0 Å². The van der Waals surface area contributed by atoms with Crippen molar-refractivity contribution in [2.45, 2.75) is 0 Å². The number of phenolic OH excluding ortho intramolecular Hbond substituents is 1. The SMILES string of the molecule is Oc1ccccc1-c1ccccc1OI. The lowest BCUT2D eigenvalue weighted by Gasteiger charge is -2.07. The summed E-state index contributed by atoms with van der Waals surface area (Å²) >= 11 is 1.84. The van der Waals surface area contributed by atoms with Gasteiger partial charge in [-0.05, 0) is 12.1 Å². The normalized spacial score (nSPS) is 9.93. The van der Waals surface area contributed by atoms with E-state index in [1.807, 2.05) is 59.4 Å². The lowest BCUT2D eigenvalue weighted by atomic mass is 10.0. The third kappa shape index (κ3) is 2.07. The first-order valence-electron chi connectivity index (χ1n) is 4.49. The molecule has 0 aliphatic heterocycles. The Bertz CT molecular complexity index is 469. The van der Waals surface area contributed by atoms with E-state index in [0.29, 0.717) is 0 Å². The third-order valence-corrected chi connectivity index (χ3v) is 2.64. The minimum absolute atomic E-state index is 0.262. The van der Waals surface area contributed by atoms with Gasteiger partial charge in [0.05, 0.1) is 0 Å². The molecule has 0 heterocycles. The topological polar surface area (TPSA) is 29.5 Å². The van der Waals surface area contributed by atoms with Gasteiger partial charge in [0, 0.05) is 11.1 Å². The molecule has 0 saturated heterocycles. The van der Waals surface area contributed by atoms with E-state index < -0.39 is 0 Å². The maximum absolute atomic E-state index is 9.73. The second kappa shape index (κ2) is 4.53. The molecular weight excluding hydrogens is 303 g/mol. The summed E-state index contributed by atoms with van der Waals surface area (Å²) in [6, 6.07) is 14.8. The van der Waals surface area contributed by atoms with Crippen LogP contribution >= 0.6 is 23.0 Å². The van der Waals surface area contributed by atoms with Crippen molar-refractivity contribution in [1.29, 1.82) is 0 Å². The van der Waals surface area contributed by atoms with Gasteiger partial charge in [-0.2, -0.15) is 0 Å². The van der Waals surface area contributed by atoms with Crippen LogP contribution < -0.4 is 3.07 Å². The van der Waals surface area contributed by atoms with Gasteiger partial charge in [-0.3, -0.25) is 0 Å². The van der Waals surface area contributed by atoms with Crippen LogP contribution in [0.25, 0.3) is 11.1 Å². The minimum atomic E-state index is 0.262. The molecule has 2 aromatic carbocycles. The third-order valence-electron chi connectivity index (χ3n) is 2.16. The van der Waals surface area contributed by atoms with Crippen molar-refractivity contribution < 1.29 is 8.17 Å². The zero-order chi connectivity index (χ0) is 10.7. The summed E-state index contributed by atoms with van der Waals surface area (Å²) < 4.78 is 5.21. The number of para-hydroxylation sites is 2. The van der Waals surface area contributed by atoms with Gasteiger partial charge < -0.3 is 8.17 Å². The predicted octanol–water partition coefficient (Wildman–Crippen LogP) is 3.79. The molecule has 2 aromatic rings. The highest BCUT2D eigenvalue weighted by Gasteiger charge is 2.08. The van der Waals surface area contributed by atoms with Crippen LogP contribution in [0.4, 0.5) is 0 Å². The molecule has 0 aliphatic carbocycles. The molecule has 3 heteroatoms. The fourth-order valence-corrected chi connectivity index (χ4v) is 1.84. The number of hydrogen-bond donors (Lipinski definition) is 1. The van der Waals surface area contributed by atoms with Gasteiger partial charge in [-0.1, -0.05) is 36.4 Å². The van der Waals surface area contributed by atoms with Crippen LogP contribution in [0.15, 0.2) is 48.5 Å². The Kier molecular flexibility index (Phi) is 3.11. The zero-order valence-electron chi connectivity index (χ0n) is 7.85. The monoisotopic (exact) mass is 312 g/mol. The molecule has 0 bridgehead atoms. The Morgan fingerprint density at radius 2 is 1.47 bits per heavy atom. The van der Waals surface area contributed by atoms with Gasteiger partial charge in [0.15, 0.2) is 23.0 Å². The van der Waals surface area contributed by atoms with Gasteiger partial charge >= 0.3 is 0 Å². The Morgan fingerprint density at radius 3 is 2.13 bits per heavy atom. The highest BCUT2D eigenvalue weighted by atomic mass is 127. The van der Waals surface area contributed by atoms with Crippen LogP contribution in [-0.4, -0.2) is 5.11 Å². The highest BCUT2D eigenvalue weighted by Crippen LogP contribution is 2.35. The molecule has 0 unspecified atom stereocenters. The van der Waals surface area contributed by atoms with Gasteiger partial charge in [-0.15, -0.1) is 0 Å². The first-order chi connectivity index (χ1) is 7.33. The molecule has 76 valence electrons. The maximum atomic E-state index is 9.73. The fraction of sp³-hybridized carbons (Fsp3) is 0. The van der Waals surface area contributed by atoms with Gasteiger partial charge in [0.2, 0.25) is 0 Å². The van der Waals surface area contributed by atoms with Crippen molar-refractivity contribution in [2.75, 3.05) is 0 Å². The summed E-state index contributed by atoms with van der Waals surface area (Å²) in [6.45, 7) is 0. The Morgan fingerprint density at radius 1 is 0.867 bits per heavy atom. The molecule has 1 N–H and O–H groups in total. The highest BCUT2D eigenvalue weighted by molar-refractivity contribution is 14.1. The second-order valence-corrected chi connectivity index (χ2v) is 3.53. The van der Waals surface area contributed by atoms with E-state index in [4.69, 9.17) is 3.07 Å². The fourth-order valence-electron chi connectivity index (χ4n) is 1.46. The Balaban J connectivity index is 2.59. The van der Waals surface area contributed by atoms with Crippen LogP contribution in [0.3, 0.4) is 0 Å². The number of hydrogen-bond acceptors (Lipinski definition) is 2. The summed E-state index contributed by atoms with van der Waals surface area (Å²) in [5.74, 6) is 1.01. The minimum Gasteiger partial charge on any atom is -0.507 e. The Hall–Kier alpha value is -1.23. The van der Waals surface area contributed by atoms with Crippen molar-refractivity contribution in [3.63, 3.8) is 0 Å². The van der Waals surface area contributed by atoms with Crippen LogP contribution in [0.2, 0.25) is 0 Å². The van der Waals surface area contributed by atoms with Gasteiger partial charge in [-0.25, -0.2) is 0 Å². The predicted molar refractivity (Wildman–Crippen MR) is 68.2 cm³/mol. The largest absolute Gasteiger partial charge is 0.507 e. The molecule has 15 heavy (non-hydrogen) atoms. The van der Waals surface area contributed by atoms with Crippen molar-refractivity contribution in [3.8, 4) is 22.6 Å². The molecule has 2 nitrogen and oxygen atoms in total. The molecule has 0 saturated carbocycles. The van der Waals surface area contributed by atoms with Crippen LogP contribution in [-0.2, 0) is 0 Å². The van der Waals surface area contributed by atoms with E-state index in [0.717, 1.165) is 16.9 Å². The Labute approximate surface area is 102 Å². The first kappa shape index (κ1) is 10.3. The van der Waals surface area contributed by atoms with Crippen molar-refractivity contribution in [1.82, 2.24) is 0 Å². The summed E-state index contributed by atoms with van der Waals surface area (Å²) in [7, 11) is 0. The molecule has 0 atom stereocenters. The van der Waals surface area contributed by atoms with E-state index in [9.17, 15) is 5.11 Å².